The molecular formula is C9H12N2O3. The maximum atomic E-state index is 10.9. The highest BCUT2D eigenvalue weighted by Gasteiger charge is 2.15. The van der Waals surface area contributed by atoms with E-state index in [0.29, 0.717) is 5.69 Å². The van der Waals surface area contributed by atoms with Gasteiger partial charge in [0.2, 0.25) is 5.78 Å². The van der Waals surface area contributed by atoms with Crippen LogP contribution in [0.25, 0.3) is 0 Å². The topological polar surface area (TPSA) is 72.2 Å². The number of carboxylic acid groups (broad SMARTS) is 1. The lowest BCUT2D eigenvalue weighted by Gasteiger charge is -2.09. The van der Waals surface area contributed by atoms with Crippen LogP contribution in [0.4, 0.5) is 0 Å². The maximum absolute atomic E-state index is 10.9. The summed E-state index contributed by atoms with van der Waals surface area (Å²) in [6.45, 7) is 3.88. The summed E-state index contributed by atoms with van der Waals surface area (Å²) in [5, 5.41) is 8.43. The molecule has 14 heavy (non-hydrogen) atoms. The SMILES string of the molecule is CC(C)n1cncc1CC(=O)C(=O)O. The first-order valence-electron chi connectivity index (χ1n) is 4.29. The Morgan fingerprint density at radius 3 is 2.71 bits per heavy atom. The van der Waals surface area contributed by atoms with Crippen LogP contribution in [0.2, 0.25) is 0 Å². The molecule has 1 aromatic rings. The summed E-state index contributed by atoms with van der Waals surface area (Å²) < 4.78 is 1.78. The molecule has 0 radical (unpaired) electrons. The van der Waals surface area contributed by atoms with Gasteiger partial charge in [0.25, 0.3) is 0 Å². The molecule has 1 rings (SSSR count). The van der Waals surface area contributed by atoms with E-state index >= 15 is 0 Å². The Labute approximate surface area is 81.4 Å². The van der Waals surface area contributed by atoms with Crippen molar-refractivity contribution in [2.75, 3.05) is 0 Å². The van der Waals surface area contributed by atoms with Crippen molar-refractivity contribution in [1.29, 1.82) is 0 Å². The summed E-state index contributed by atoms with van der Waals surface area (Å²) in [6.07, 6.45) is 3.00. The number of ketones is 1. The highest BCUT2D eigenvalue weighted by molar-refractivity contribution is 6.33. The van der Waals surface area contributed by atoms with Crippen molar-refractivity contribution in [1.82, 2.24) is 9.55 Å². The zero-order chi connectivity index (χ0) is 10.7. The minimum atomic E-state index is -1.40. The Hall–Kier alpha value is -1.65. The largest absolute Gasteiger partial charge is 0.475 e. The lowest BCUT2D eigenvalue weighted by Crippen LogP contribution is -2.17. The molecule has 0 aliphatic carbocycles. The molecule has 0 fully saturated rings. The van der Waals surface area contributed by atoms with Crippen LogP contribution in [0.3, 0.4) is 0 Å². The number of Topliss-reactive ketones (excluding diaryl/α,β-unsaturated/α-hetero) is 1. The molecule has 1 N–H and O–H groups in total. The number of hydrogen-bond acceptors (Lipinski definition) is 3. The van der Waals surface area contributed by atoms with Crippen molar-refractivity contribution < 1.29 is 14.7 Å². The fraction of sp³-hybridized carbons (Fsp3) is 0.444. The number of aliphatic carboxylic acids is 1. The lowest BCUT2D eigenvalue weighted by molar-refractivity contribution is -0.148. The van der Waals surface area contributed by atoms with Gasteiger partial charge in [-0.25, -0.2) is 9.78 Å². The minimum Gasteiger partial charge on any atom is -0.475 e. The highest BCUT2D eigenvalue weighted by atomic mass is 16.4. The number of carbonyl (C=O) groups is 2. The van der Waals surface area contributed by atoms with E-state index in [4.69, 9.17) is 5.11 Å². The second kappa shape index (κ2) is 4.04. The van der Waals surface area contributed by atoms with Gasteiger partial charge in [-0.05, 0) is 13.8 Å². The smallest absolute Gasteiger partial charge is 0.372 e. The van der Waals surface area contributed by atoms with Gasteiger partial charge in [-0.15, -0.1) is 0 Å². The molecule has 1 heterocycles. The van der Waals surface area contributed by atoms with E-state index < -0.39 is 11.8 Å². The molecule has 0 spiro atoms. The monoisotopic (exact) mass is 196 g/mol. The van der Waals surface area contributed by atoms with E-state index in [-0.39, 0.29) is 12.5 Å². The normalized spacial score (nSPS) is 10.5. The molecule has 0 saturated carbocycles. The van der Waals surface area contributed by atoms with Crippen molar-refractivity contribution in [3.63, 3.8) is 0 Å². The van der Waals surface area contributed by atoms with Crippen LogP contribution in [-0.4, -0.2) is 26.4 Å². The van der Waals surface area contributed by atoms with E-state index in [1.807, 2.05) is 13.8 Å². The Morgan fingerprint density at radius 2 is 2.21 bits per heavy atom. The van der Waals surface area contributed by atoms with Crippen LogP contribution in [-0.2, 0) is 16.0 Å². The third-order valence-corrected chi connectivity index (χ3v) is 1.88. The van der Waals surface area contributed by atoms with Gasteiger partial charge in [-0.1, -0.05) is 0 Å². The standard InChI is InChI=1S/C9H12N2O3/c1-6(2)11-5-10-4-7(11)3-8(12)9(13)14/h4-6H,3H2,1-2H3,(H,13,14). The van der Waals surface area contributed by atoms with Crippen LogP contribution in [0, 0.1) is 0 Å². The number of rotatable bonds is 4. The molecule has 0 aromatic carbocycles. The molecule has 0 amide bonds. The molecule has 0 aliphatic rings. The fourth-order valence-electron chi connectivity index (χ4n) is 1.17. The number of aromatic nitrogens is 2. The summed E-state index contributed by atoms with van der Waals surface area (Å²) in [4.78, 5) is 25.1. The second-order valence-corrected chi connectivity index (χ2v) is 3.29. The molecule has 1 aromatic heterocycles. The predicted molar refractivity (Wildman–Crippen MR) is 49.0 cm³/mol. The molecule has 76 valence electrons. The summed E-state index contributed by atoms with van der Waals surface area (Å²) >= 11 is 0. The molecule has 0 unspecified atom stereocenters. The van der Waals surface area contributed by atoms with Crippen molar-refractivity contribution in [3.05, 3.63) is 18.2 Å². The lowest BCUT2D eigenvalue weighted by atomic mass is 10.2. The number of carbonyl (C=O) groups excluding carboxylic acids is 1. The van der Waals surface area contributed by atoms with Crippen LogP contribution < -0.4 is 0 Å². The number of imidazole rings is 1. The molecule has 5 heteroatoms. The summed E-state index contributed by atoms with van der Waals surface area (Å²) in [6, 6.07) is 0.175. The summed E-state index contributed by atoms with van der Waals surface area (Å²) in [5.74, 6) is -2.21. The summed E-state index contributed by atoms with van der Waals surface area (Å²) in [5.41, 5.74) is 0.632. The number of nitrogens with zero attached hydrogens (tertiary/aromatic N) is 2. The van der Waals surface area contributed by atoms with Crippen molar-refractivity contribution in [3.8, 4) is 0 Å². The Morgan fingerprint density at radius 1 is 1.57 bits per heavy atom. The zero-order valence-electron chi connectivity index (χ0n) is 8.10. The van der Waals surface area contributed by atoms with Gasteiger partial charge in [0.15, 0.2) is 0 Å². The fourth-order valence-corrected chi connectivity index (χ4v) is 1.17. The van der Waals surface area contributed by atoms with E-state index in [1.165, 1.54) is 6.20 Å². The van der Waals surface area contributed by atoms with Gasteiger partial charge >= 0.3 is 5.97 Å². The van der Waals surface area contributed by atoms with Gasteiger partial charge in [-0.2, -0.15) is 0 Å². The maximum Gasteiger partial charge on any atom is 0.372 e. The average Bonchev–Trinajstić information content (AvgIpc) is 2.52. The van der Waals surface area contributed by atoms with E-state index in [1.54, 1.807) is 10.9 Å². The van der Waals surface area contributed by atoms with Crippen molar-refractivity contribution >= 4 is 11.8 Å². The Bertz CT molecular complexity index is 355. The van der Waals surface area contributed by atoms with E-state index in [9.17, 15) is 9.59 Å². The Kier molecular flexibility index (Phi) is 3.01. The highest BCUT2D eigenvalue weighted by Crippen LogP contribution is 2.09. The first kappa shape index (κ1) is 10.4. The van der Waals surface area contributed by atoms with Crippen LogP contribution in [0.5, 0.6) is 0 Å². The van der Waals surface area contributed by atoms with Gasteiger partial charge in [0.1, 0.15) is 0 Å². The molecule has 0 saturated heterocycles. The first-order chi connectivity index (χ1) is 6.52. The third kappa shape index (κ3) is 2.18. The predicted octanol–water partition coefficient (Wildman–Crippen LogP) is 0.660. The molecule has 0 atom stereocenters. The van der Waals surface area contributed by atoms with Gasteiger partial charge in [-0.3, -0.25) is 4.79 Å². The van der Waals surface area contributed by atoms with Gasteiger partial charge in [0.05, 0.1) is 12.7 Å². The van der Waals surface area contributed by atoms with Crippen molar-refractivity contribution in [2.45, 2.75) is 26.3 Å². The number of carboxylic acids is 1. The second-order valence-electron chi connectivity index (χ2n) is 3.29. The Balaban J connectivity index is 2.81. The molecular weight excluding hydrogens is 184 g/mol. The average molecular weight is 196 g/mol. The van der Waals surface area contributed by atoms with Gasteiger partial charge < -0.3 is 9.67 Å². The van der Waals surface area contributed by atoms with Crippen LogP contribution in [0.1, 0.15) is 25.6 Å². The van der Waals surface area contributed by atoms with Crippen molar-refractivity contribution in [2.24, 2.45) is 0 Å². The summed E-state index contributed by atoms with van der Waals surface area (Å²) in [7, 11) is 0. The zero-order valence-corrected chi connectivity index (χ0v) is 8.10. The first-order valence-corrected chi connectivity index (χ1v) is 4.29. The van der Waals surface area contributed by atoms with E-state index in [2.05, 4.69) is 4.98 Å². The van der Waals surface area contributed by atoms with Gasteiger partial charge in [0, 0.05) is 17.9 Å². The molecule has 5 nitrogen and oxygen atoms in total. The van der Waals surface area contributed by atoms with E-state index in [0.717, 1.165) is 0 Å². The minimum absolute atomic E-state index is 0.104. The van der Waals surface area contributed by atoms with Crippen LogP contribution in [0.15, 0.2) is 12.5 Å². The number of hydrogen-bond donors (Lipinski definition) is 1. The van der Waals surface area contributed by atoms with Crippen LogP contribution >= 0.6 is 0 Å². The third-order valence-electron chi connectivity index (χ3n) is 1.88. The molecule has 0 bridgehead atoms. The molecule has 0 aliphatic heterocycles. The quantitative estimate of drug-likeness (QED) is 0.718.